The molecular formula is C20H28FN3O. The third-order valence-corrected chi connectivity index (χ3v) is 6.13. The Bertz CT molecular complexity index is 730. The monoisotopic (exact) mass is 345 g/mol. The van der Waals surface area contributed by atoms with E-state index in [1.54, 1.807) is 0 Å². The van der Waals surface area contributed by atoms with Crippen LogP contribution in [0.3, 0.4) is 0 Å². The van der Waals surface area contributed by atoms with Crippen LogP contribution in [0, 0.1) is 17.7 Å². The van der Waals surface area contributed by atoms with Crippen molar-refractivity contribution in [1.82, 2.24) is 9.97 Å². The first-order valence-electron chi connectivity index (χ1n) is 9.65. The van der Waals surface area contributed by atoms with Crippen molar-refractivity contribution in [3.8, 4) is 0 Å². The summed E-state index contributed by atoms with van der Waals surface area (Å²) in [7, 11) is 0. The Kier molecular flexibility index (Phi) is 4.78. The summed E-state index contributed by atoms with van der Waals surface area (Å²) in [5.41, 5.74) is 8.37. The lowest BCUT2D eigenvalue weighted by Crippen LogP contribution is -2.26. The summed E-state index contributed by atoms with van der Waals surface area (Å²) in [6.45, 7) is 3.68. The molecule has 2 atom stereocenters. The Hall–Kier alpha value is -1.46. The van der Waals surface area contributed by atoms with E-state index in [1.165, 1.54) is 12.8 Å². The number of nitrogens with zero attached hydrogens (tertiary/aromatic N) is 1. The molecule has 2 aliphatic rings. The van der Waals surface area contributed by atoms with Gasteiger partial charge in [0, 0.05) is 12.5 Å². The Morgan fingerprint density at radius 1 is 1.24 bits per heavy atom. The van der Waals surface area contributed by atoms with Crippen LogP contribution in [-0.4, -0.2) is 23.2 Å². The smallest absolute Gasteiger partial charge is 0.154 e. The van der Waals surface area contributed by atoms with Crippen LogP contribution >= 0.6 is 0 Å². The van der Waals surface area contributed by atoms with Crippen LogP contribution in [0.5, 0.6) is 0 Å². The summed E-state index contributed by atoms with van der Waals surface area (Å²) in [5, 5.41) is 0. The molecule has 3 N–H and O–H groups in total. The van der Waals surface area contributed by atoms with Crippen molar-refractivity contribution in [2.24, 2.45) is 17.6 Å². The third-order valence-electron chi connectivity index (χ3n) is 6.13. The first-order chi connectivity index (χ1) is 12.1. The quantitative estimate of drug-likeness (QED) is 0.865. The zero-order valence-electron chi connectivity index (χ0n) is 14.9. The predicted molar refractivity (Wildman–Crippen MR) is 96.9 cm³/mol. The van der Waals surface area contributed by atoms with E-state index in [0.29, 0.717) is 18.0 Å². The van der Waals surface area contributed by atoms with Gasteiger partial charge in [0.15, 0.2) is 5.82 Å². The molecule has 1 aliphatic carbocycles. The molecule has 2 heterocycles. The van der Waals surface area contributed by atoms with E-state index in [9.17, 15) is 0 Å². The van der Waals surface area contributed by atoms with E-state index in [1.807, 2.05) is 12.1 Å². The molecule has 0 spiro atoms. The summed E-state index contributed by atoms with van der Waals surface area (Å²) >= 11 is 0. The van der Waals surface area contributed by atoms with Crippen molar-refractivity contribution in [3.05, 3.63) is 29.3 Å². The molecule has 0 bridgehead atoms. The predicted octanol–water partition coefficient (Wildman–Crippen LogP) is 4.42. The van der Waals surface area contributed by atoms with Crippen molar-refractivity contribution in [3.63, 3.8) is 0 Å². The van der Waals surface area contributed by atoms with Crippen LogP contribution in [0.4, 0.5) is 4.39 Å². The highest BCUT2D eigenvalue weighted by Gasteiger charge is 2.28. The van der Waals surface area contributed by atoms with Gasteiger partial charge in [0.1, 0.15) is 11.3 Å². The molecule has 1 aromatic heterocycles. The molecule has 1 unspecified atom stereocenters. The van der Waals surface area contributed by atoms with Gasteiger partial charge in [-0.05, 0) is 49.1 Å². The highest BCUT2D eigenvalue weighted by molar-refractivity contribution is 5.77. The number of halogens is 1. The average Bonchev–Trinajstić information content (AvgIpc) is 3.08. The van der Waals surface area contributed by atoms with Crippen molar-refractivity contribution in [2.75, 3.05) is 13.2 Å². The molecule has 136 valence electrons. The number of ether oxygens (including phenoxy) is 1. The Balaban J connectivity index is 1.60. The van der Waals surface area contributed by atoms with Crippen molar-refractivity contribution >= 4 is 11.0 Å². The number of nitrogens with one attached hydrogen (secondary N) is 1. The number of fused-ring (bicyclic) bond motifs is 1. The van der Waals surface area contributed by atoms with E-state index in [2.05, 4.69) is 16.9 Å². The molecule has 2 fully saturated rings. The maximum atomic E-state index is 15.0. The van der Waals surface area contributed by atoms with Crippen molar-refractivity contribution in [2.45, 2.75) is 57.4 Å². The fraction of sp³-hybridized carbons (Fsp3) is 0.650. The second-order valence-electron chi connectivity index (χ2n) is 7.95. The van der Waals surface area contributed by atoms with Crippen LogP contribution in [0.25, 0.3) is 11.0 Å². The number of hydrogen-bond donors (Lipinski definition) is 2. The summed E-state index contributed by atoms with van der Waals surface area (Å²) in [4.78, 5) is 7.83. The summed E-state index contributed by atoms with van der Waals surface area (Å²) in [5.74, 6) is 1.88. The summed E-state index contributed by atoms with van der Waals surface area (Å²) in [6, 6.07) is 3.68. The second kappa shape index (κ2) is 7.04. The molecule has 4 nitrogen and oxygen atoms in total. The van der Waals surface area contributed by atoms with Crippen molar-refractivity contribution < 1.29 is 9.13 Å². The van der Waals surface area contributed by atoms with Gasteiger partial charge in [-0.1, -0.05) is 25.8 Å². The minimum atomic E-state index is -0.208. The maximum Gasteiger partial charge on any atom is 0.154 e. The van der Waals surface area contributed by atoms with Crippen LogP contribution in [-0.2, 0) is 4.74 Å². The van der Waals surface area contributed by atoms with E-state index in [4.69, 9.17) is 10.5 Å². The van der Waals surface area contributed by atoms with Crippen molar-refractivity contribution in [1.29, 1.82) is 0 Å². The highest BCUT2D eigenvalue weighted by Crippen LogP contribution is 2.36. The molecule has 2 aromatic rings. The highest BCUT2D eigenvalue weighted by atomic mass is 19.1. The number of hydrogen-bond acceptors (Lipinski definition) is 3. The van der Waals surface area contributed by atoms with E-state index in [0.717, 1.165) is 55.1 Å². The lowest BCUT2D eigenvalue weighted by molar-refractivity contribution is 0.0795. The zero-order chi connectivity index (χ0) is 17.4. The van der Waals surface area contributed by atoms with Gasteiger partial charge < -0.3 is 15.5 Å². The fourth-order valence-corrected chi connectivity index (χ4v) is 4.40. The van der Waals surface area contributed by atoms with Gasteiger partial charge in [-0.15, -0.1) is 0 Å². The van der Waals surface area contributed by atoms with Crippen LogP contribution in [0.1, 0.15) is 68.8 Å². The van der Waals surface area contributed by atoms with Gasteiger partial charge in [-0.2, -0.15) is 0 Å². The summed E-state index contributed by atoms with van der Waals surface area (Å²) < 4.78 is 20.6. The van der Waals surface area contributed by atoms with E-state index in [-0.39, 0.29) is 17.8 Å². The topological polar surface area (TPSA) is 63.9 Å². The number of nitrogens with two attached hydrogens (primary N) is 1. The number of aromatic nitrogens is 2. The van der Waals surface area contributed by atoms with Crippen LogP contribution in [0.15, 0.2) is 12.1 Å². The lowest BCUT2D eigenvalue weighted by atomic mass is 9.79. The molecule has 5 heteroatoms. The number of rotatable bonds is 3. The van der Waals surface area contributed by atoms with Crippen LogP contribution < -0.4 is 5.73 Å². The largest absolute Gasteiger partial charge is 0.381 e. The molecule has 1 saturated heterocycles. The molecule has 1 saturated carbocycles. The number of imidazole rings is 1. The normalized spacial score (nSPS) is 29.0. The van der Waals surface area contributed by atoms with Gasteiger partial charge in [0.05, 0.1) is 18.2 Å². The molecule has 25 heavy (non-hydrogen) atoms. The molecular weight excluding hydrogens is 317 g/mol. The van der Waals surface area contributed by atoms with Gasteiger partial charge >= 0.3 is 0 Å². The zero-order valence-corrected chi connectivity index (χ0v) is 14.9. The van der Waals surface area contributed by atoms with E-state index < -0.39 is 0 Å². The lowest BCUT2D eigenvalue weighted by Gasteiger charge is -2.29. The van der Waals surface area contributed by atoms with Gasteiger partial charge in [0.25, 0.3) is 0 Å². The molecule has 1 aromatic carbocycles. The molecule has 0 radical (unpaired) electrons. The molecule has 0 amide bonds. The Labute approximate surface area is 148 Å². The minimum absolute atomic E-state index is 0.131. The minimum Gasteiger partial charge on any atom is -0.381 e. The fourth-order valence-electron chi connectivity index (χ4n) is 4.40. The Morgan fingerprint density at radius 3 is 2.76 bits per heavy atom. The third kappa shape index (κ3) is 3.32. The number of benzene rings is 1. The SMILES string of the molecule is CC1CCC([C@H](N)c2nc3c(F)c(C4CCCOC4)ccc3[nH]2)CC1. The van der Waals surface area contributed by atoms with Gasteiger partial charge in [-0.25, -0.2) is 9.37 Å². The molecule has 1 aliphatic heterocycles. The molecule has 4 rings (SSSR count). The van der Waals surface area contributed by atoms with Crippen LogP contribution in [0.2, 0.25) is 0 Å². The number of H-pyrrole nitrogens is 1. The number of aromatic amines is 1. The van der Waals surface area contributed by atoms with E-state index >= 15 is 4.39 Å². The Morgan fingerprint density at radius 2 is 2.04 bits per heavy atom. The first kappa shape index (κ1) is 17.0. The van der Waals surface area contributed by atoms with Gasteiger partial charge in [0.2, 0.25) is 0 Å². The van der Waals surface area contributed by atoms with Gasteiger partial charge in [-0.3, -0.25) is 0 Å². The average molecular weight is 345 g/mol. The second-order valence-corrected chi connectivity index (χ2v) is 7.95. The standard InChI is InChI=1S/C20H28FN3O/c1-12-4-6-13(7-5-12)18(22)20-23-16-9-8-15(17(21)19(16)24-20)14-3-2-10-25-11-14/h8-9,12-14,18H,2-7,10-11,22H2,1H3,(H,23,24)/t12?,13?,14?,18-/m0/s1. The maximum absolute atomic E-state index is 15.0. The first-order valence-corrected chi connectivity index (χ1v) is 9.65. The summed E-state index contributed by atoms with van der Waals surface area (Å²) in [6.07, 6.45) is 6.66.